The first-order chi connectivity index (χ1) is 14.9. The second kappa shape index (κ2) is 8.07. The lowest BCUT2D eigenvalue weighted by atomic mass is 10.1. The van der Waals surface area contributed by atoms with E-state index >= 15 is 0 Å². The predicted molar refractivity (Wildman–Crippen MR) is 113 cm³/mol. The smallest absolute Gasteiger partial charge is 0.282 e. The summed E-state index contributed by atoms with van der Waals surface area (Å²) in [4.78, 5) is 53.0. The van der Waals surface area contributed by atoms with Crippen molar-refractivity contribution in [1.82, 2.24) is 15.2 Å². The summed E-state index contributed by atoms with van der Waals surface area (Å²) in [6.45, 7) is 1.59. The van der Waals surface area contributed by atoms with Crippen LogP contribution in [0.3, 0.4) is 0 Å². The van der Waals surface area contributed by atoms with Crippen LogP contribution < -0.4 is 5.32 Å². The maximum Gasteiger partial charge on any atom is 0.282 e. The minimum Gasteiger partial charge on any atom is -0.349 e. The highest BCUT2D eigenvalue weighted by Crippen LogP contribution is 2.30. The Bertz CT molecular complexity index is 1240. The van der Waals surface area contributed by atoms with E-state index in [4.69, 9.17) is 0 Å². The number of hydrogen-bond acceptors (Lipinski definition) is 7. The number of benzene rings is 2. The van der Waals surface area contributed by atoms with E-state index in [2.05, 4.69) is 10.3 Å². The fraction of sp³-hybridized carbons (Fsp3) is 0.143. The molecule has 0 saturated heterocycles. The summed E-state index contributed by atoms with van der Waals surface area (Å²) in [5.74, 6) is -2.14. The van der Waals surface area contributed by atoms with E-state index in [1.54, 1.807) is 0 Å². The molecule has 0 fully saturated rings. The maximum absolute atomic E-state index is 12.5. The minimum atomic E-state index is -0.849. The number of fused-ring (bicyclic) bond motifs is 1. The van der Waals surface area contributed by atoms with Gasteiger partial charge in [0.2, 0.25) is 5.91 Å². The van der Waals surface area contributed by atoms with Crippen molar-refractivity contribution in [2.24, 2.45) is 0 Å². The molecule has 0 unspecified atom stereocenters. The monoisotopic (exact) mass is 436 g/mol. The molecule has 0 spiro atoms. The van der Waals surface area contributed by atoms with Crippen molar-refractivity contribution in [3.8, 4) is 10.6 Å². The normalized spacial score (nSPS) is 12.7. The first-order valence-electron chi connectivity index (χ1n) is 9.27. The van der Waals surface area contributed by atoms with Gasteiger partial charge in [-0.05, 0) is 18.6 Å². The maximum atomic E-state index is 12.5. The SMILES string of the molecule is Cc1ccccc1-c1nc(CNC(=O)CN2C(=O)c3cccc([N+](=O)[O-])c3C2=O)cs1. The number of nitro benzene ring substituents is 1. The second-order valence-corrected chi connectivity index (χ2v) is 7.75. The molecule has 2 heterocycles. The second-order valence-electron chi connectivity index (χ2n) is 6.89. The average molecular weight is 436 g/mol. The molecule has 1 N–H and O–H groups in total. The van der Waals surface area contributed by atoms with Gasteiger partial charge in [-0.25, -0.2) is 4.98 Å². The average Bonchev–Trinajstić information content (AvgIpc) is 3.31. The first kappa shape index (κ1) is 20.4. The van der Waals surface area contributed by atoms with Gasteiger partial charge in [0.15, 0.2) is 0 Å². The number of carbonyl (C=O) groups excluding carboxylic acids is 3. The van der Waals surface area contributed by atoms with E-state index in [1.165, 1.54) is 23.5 Å². The molecule has 0 radical (unpaired) electrons. The van der Waals surface area contributed by atoms with Crippen LogP contribution in [0.1, 0.15) is 32.0 Å². The summed E-state index contributed by atoms with van der Waals surface area (Å²) in [5.41, 5.74) is 1.94. The Balaban J connectivity index is 1.42. The predicted octanol–water partition coefficient (Wildman–Crippen LogP) is 2.94. The van der Waals surface area contributed by atoms with Crippen LogP contribution in [0.2, 0.25) is 0 Å². The number of aryl methyl sites for hydroxylation is 1. The molecular weight excluding hydrogens is 420 g/mol. The molecule has 1 aliphatic heterocycles. The van der Waals surface area contributed by atoms with Gasteiger partial charge < -0.3 is 5.32 Å². The number of imide groups is 1. The van der Waals surface area contributed by atoms with Gasteiger partial charge in [0.1, 0.15) is 17.1 Å². The van der Waals surface area contributed by atoms with Crippen LogP contribution >= 0.6 is 11.3 Å². The summed E-state index contributed by atoms with van der Waals surface area (Å²) in [7, 11) is 0. The van der Waals surface area contributed by atoms with Crippen LogP contribution in [0.4, 0.5) is 5.69 Å². The fourth-order valence-electron chi connectivity index (χ4n) is 3.32. The third-order valence-corrected chi connectivity index (χ3v) is 5.79. The van der Waals surface area contributed by atoms with Crippen molar-refractivity contribution in [2.45, 2.75) is 13.5 Å². The van der Waals surface area contributed by atoms with E-state index < -0.39 is 34.9 Å². The lowest BCUT2D eigenvalue weighted by Crippen LogP contribution is -2.40. The van der Waals surface area contributed by atoms with Gasteiger partial charge in [0.05, 0.1) is 22.7 Å². The topological polar surface area (TPSA) is 123 Å². The molecule has 0 bridgehead atoms. The quantitative estimate of drug-likeness (QED) is 0.360. The molecule has 3 amide bonds. The molecule has 10 heteroatoms. The lowest BCUT2D eigenvalue weighted by molar-refractivity contribution is -0.385. The molecule has 0 atom stereocenters. The Morgan fingerprint density at radius 3 is 2.61 bits per heavy atom. The van der Waals surface area contributed by atoms with Crippen molar-refractivity contribution < 1.29 is 19.3 Å². The molecule has 0 saturated carbocycles. The van der Waals surface area contributed by atoms with Crippen LogP contribution in [0.25, 0.3) is 10.6 Å². The van der Waals surface area contributed by atoms with E-state index in [1.807, 2.05) is 36.6 Å². The van der Waals surface area contributed by atoms with Crippen LogP contribution in [-0.2, 0) is 11.3 Å². The van der Waals surface area contributed by atoms with Crippen LogP contribution in [0, 0.1) is 17.0 Å². The first-order valence-corrected chi connectivity index (χ1v) is 10.2. The van der Waals surface area contributed by atoms with Crippen molar-refractivity contribution in [3.05, 3.63) is 80.3 Å². The molecule has 31 heavy (non-hydrogen) atoms. The zero-order valence-corrected chi connectivity index (χ0v) is 17.1. The van der Waals surface area contributed by atoms with E-state index in [0.29, 0.717) is 10.6 Å². The van der Waals surface area contributed by atoms with Crippen molar-refractivity contribution in [1.29, 1.82) is 0 Å². The highest BCUT2D eigenvalue weighted by atomic mass is 32.1. The Morgan fingerprint density at radius 2 is 1.87 bits per heavy atom. The van der Waals surface area contributed by atoms with Crippen molar-refractivity contribution >= 4 is 34.7 Å². The van der Waals surface area contributed by atoms with Gasteiger partial charge >= 0.3 is 0 Å². The summed E-state index contributed by atoms with van der Waals surface area (Å²) < 4.78 is 0. The third-order valence-electron chi connectivity index (χ3n) is 4.87. The summed E-state index contributed by atoms with van der Waals surface area (Å²) in [6.07, 6.45) is 0. The number of rotatable bonds is 6. The number of carbonyl (C=O) groups is 3. The van der Waals surface area contributed by atoms with Gasteiger partial charge in [0.25, 0.3) is 17.5 Å². The molecule has 1 aromatic heterocycles. The Kier molecular flexibility index (Phi) is 5.30. The highest BCUT2D eigenvalue weighted by Gasteiger charge is 2.41. The third kappa shape index (κ3) is 3.80. The van der Waals surface area contributed by atoms with Crippen LogP contribution in [0.5, 0.6) is 0 Å². The fourth-order valence-corrected chi connectivity index (χ4v) is 4.23. The molecule has 3 aromatic rings. The highest BCUT2D eigenvalue weighted by molar-refractivity contribution is 7.13. The number of nitrogens with zero attached hydrogens (tertiary/aromatic N) is 3. The van der Waals surface area contributed by atoms with Crippen LogP contribution in [0.15, 0.2) is 47.8 Å². The Morgan fingerprint density at radius 1 is 1.13 bits per heavy atom. The number of hydrogen-bond donors (Lipinski definition) is 1. The van der Waals surface area contributed by atoms with Gasteiger partial charge in [0, 0.05) is 17.0 Å². The van der Waals surface area contributed by atoms with Gasteiger partial charge in [-0.1, -0.05) is 30.3 Å². The summed E-state index contributed by atoms with van der Waals surface area (Å²) in [5, 5.41) is 16.5. The number of aromatic nitrogens is 1. The minimum absolute atomic E-state index is 0.0747. The molecule has 4 rings (SSSR count). The summed E-state index contributed by atoms with van der Waals surface area (Å²) >= 11 is 1.45. The summed E-state index contributed by atoms with van der Waals surface area (Å²) in [6, 6.07) is 11.7. The van der Waals surface area contributed by atoms with Crippen molar-refractivity contribution in [2.75, 3.05) is 6.54 Å². The number of nitro groups is 1. The largest absolute Gasteiger partial charge is 0.349 e. The zero-order chi connectivity index (χ0) is 22.1. The zero-order valence-electron chi connectivity index (χ0n) is 16.3. The molecule has 0 aliphatic carbocycles. The number of thiazole rings is 1. The number of amides is 3. The molecule has 1 aliphatic rings. The van der Waals surface area contributed by atoms with Gasteiger partial charge in [-0.3, -0.25) is 29.4 Å². The van der Waals surface area contributed by atoms with Crippen LogP contribution in [-0.4, -0.2) is 39.1 Å². The van der Waals surface area contributed by atoms with E-state index in [0.717, 1.165) is 22.2 Å². The van der Waals surface area contributed by atoms with Crippen molar-refractivity contribution in [3.63, 3.8) is 0 Å². The Labute approximate surface area is 180 Å². The molecule has 2 aromatic carbocycles. The lowest BCUT2D eigenvalue weighted by Gasteiger charge is -2.13. The molecular formula is C21H16N4O5S. The molecule has 156 valence electrons. The Hall–Kier alpha value is -3.92. The molecule has 9 nitrogen and oxygen atoms in total. The van der Waals surface area contributed by atoms with Gasteiger partial charge in [-0.15, -0.1) is 11.3 Å². The number of nitrogens with one attached hydrogen (secondary N) is 1. The van der Waals surface area contributed by atoms with Gasteiger partial charge in [-0.2, -0.15) is 0 Å². The van der Waals surface area contributed by atoms with E-state index in [9.17, 15) is 24.5 Å². The standard InChI is InChI=1S/C21H16N4O5S/c1-12-5-2-3-6-14(12)19-23-13(11-31-19)9-22-17(26)10-24-20(27)15-7-4-8-16(25(29)30)18(15)21(24)28/h2-8,11H,9-10H2,1H3,(H,22,26). The van der Waals surface area contributed by atoms with E-state index in [-0.39, 0.29) is 17.7 Å².